The van der Waals surface area contributed by atoms with E-state index in [2.05, 4.69) is 4.98 Å². The molecule has 18 heavy (non-hydrogen) atoms. The normalized spacial score (nSPS) is 11.8. The second-order valence-electron chi connectivity index (χ2n) is 4.24. The molecule has 0 fully saturated rings. The third-order valence-corrected chi connectivity index (χ3v) is 2.81. The summed E-state index contributed by atoms with van der Waals surface area (Å²) in [5.41, 5.74) is 1.71. The number of fused-ring (bicyclic) bond motifs is 1. The molecule has 1 aromatic heterocycles. The molecule has 0 atom stereocenters. The summed E-state index contributed by atoms with van der Waals surface area (Å²) in [7, 11) is 0. The first-order valence-corrected chi connectivity index (χ1v) is 5.95. The fraction of sp³-hybridized carbons (Fsp3) is 0.231. The summed E-state index contributed by atoms with van der Waals surface area (Å²) in [6.07, 6.45) is 2.58. The highest BCUT2D eigenvalue weighted by Crippen LogP contribution is 2.24. The van der Waals surface area contributed by atoms with Gasteiger partial charge in [-0.1, -0.05) is 11.6 Å². The minimum Gasteiger partial charge on any atom is -0.478 e. The zero-order valence-electron chi connectivity index (χ0n) is 10.1. The van der Waals surface area contributed by atoms with Crippen LogP contribution in [0.25, 0.3) is 17.1 Å². The molecule has 5 heteroatoms. The van der Waals surface area contributed by atoms with E-state index in [1.165, 1.54) is 6.08 Å². The molecule has 0 saturated carbocycles. The van der Waals surface area contributed by atoms with Crippen molar-refractivity contribution in [1.82, 2.24) is 9.55 Å². The number of imidazole rings is 1. The second kappa shape index (κ2) is 4.82. The average Bonchev–Trinajstić information content (AvgIpc) is 2.63. The quantitative estimate of drug-likeness (QED) is 0.865. The Kier molecular flexibility index (Phi) is 3.39. The standard InChI is InChI=1S/C13H13ClN2O2/c1-8(2)16-11-4-3-9(14)7-10(11)15-12(16)5-6-13(17)18/h3-8H,1-2H3,(H,17,18)/b6-5+. The Bertz CT molecular complexity index is 629. The maximum atomic E-state index is 10.6. The first-order chi connectivity index (χ1) is 8.49. The van der Waals surface area contributed by atoms with Crippen LogP contribution < -0.4 is 0 Å². The molecule has 1 heterocycles. The number of carbonyl (C=O) groups is 1. The van der Waals surface area contributed by atoms with Crippen molar-refractivity contribution in [3.63, 3.8) is 0 Å². The molecule has 94 valence electrons. The summed E-state index contributed by atoms with van der Waals surface area (Å²) in [6, 6.07) is 5.65. The summed E-state index contributed by atoms with van der Waals surface area (Å²) in [5.74, 6) is -0.375. The smallest absolute Gasteiger partial charge is 0.328 e. The number of aliphatic carboxylic acids is 1. The lowest BCUT2D eigenvalue weighted by Crippen LogP contribution is -2.03. The summed E-state index contributed by atoms with van der Waals surface area (Å²) in [6.45, 7) is 4.04. The zero-order chi connectivity index (χ0) is 13.3. The van der Waals surface area contributed by atoms with Crippen LogP contribution >= 0.6 is 11.6 Å². The fourth-order valence-corrected chi connectivity index (χ4v) is 2.06. The molecule has 0 aliphatic rings. The number of rotatable bonds is 3. The number of hydrogen-bond acceptors (Lipinski definition) is 2. The molecule has 0 aliphatic carbocycles. The van der Waals surface area contributed by atoms with Gasteiger partial charge < -0.3 is 9.67 Å². The molecule has 0 spiro atoms. The molecule has 0 aliphatic heterocycles. The van der Waals surface area contributed by atoms with Gasteiger partial charge in [-0.2, -0.15) is 0 Å². The Labute approximate surface area is 110 Å². The van der Waals surface area contributed by atoms with Crippen molar-refractivity contribution in [3.8, 4) is 0 Å². The molecule has 0 unspecified atom stereocenters. The highest BCUT2D eigenvalue weighted by molar-refractivity contribution is 6.31. The molecule has 0 radical (unpaired) electrons. The van der Waals surface area contributed by atoms with Crippen molar-refractivity contribution in [3.05, 3.63) is 35.1 Å². The number of carboxylic acids is 1. The van der Waals surface area contributed by atoms with Crippen LogP contribution in [0, 0.1) is 0 Å². The molecule has 2 aromatic rings. The SMILES string of the molecule is CC(C)n1c(/C=C/C(=O)O)nc2cc(Cl)ccc21. The van der Waals surface area contributed by atoms with Crippen LogP contribution in [0.5, 0.6) is 0 Å². The van der Waals surface area contributed by atoms with Crippen LogP contribution in [0.3, 0.4) is 0 Å². The monoisotopic (exact) mass is 264 g/mol. The van der Waals surface area contributed by atoms with Crippen LogP contribution in [0.15, 0.2) is 24.3 Å². The topological polar surface area (TPSA) is 55.1 Å². The Balaban J connectivity index is 2.64. The fourth-order valence-electron chi connectivity index (χ4n) is 1.90. The molecular formula is C13H13ClN2O2. The van der Waals surface area contributed by atoms with Gasteiger partial charge in [0.1, 0.15) is 5.82 Å². The van der Waals surface area contributed by atoms with Crippen molar-refractivity contribution in [1.29, 1.82) is 0 Å². The predicted molar refractivity (Wildman–Crippen MR) is 71.8 cm³/mol. The molecule has 1 aromatic carbocycles. The number of nitrogens with zero attached hydrogens (tertiary/aromatic N) is 2. The highest BCUT2D eigenvalue weighted by Gasteiger charge is 2.11. The maximum Gasteiger partial charge on any atom is 0.328 e. The van der Waals surface area contributed by atoms with E-state index in [1.807, 2.05) is 24.5 Å². The van der Waals surface area contributed by atoms with Gasteiger partial charge in [0.05, 0.1) is 11.0 Å². The van der Waals surface area contributed by atoms with Crippen LogP contribution in [-0.4, -0.2) is 20.6 Å². The van der Waals surface area contributed by atoms with Gasteiger partial charge in [0.25, 0.3) is 0 Å². The maximum absolute atomic E-state index is 10.6. The van der Waals surface area contributed by atoms with E-state index >= 15 is 0 Å². The third-order valence-electron chi connectivity index (χ3n) is 2.57. The van der Waals surface area contributed by atoms with Crippen molar-refractivity contribution in [2.45, 2.75) is 19.9 Å². The van der Waals surface area contributed by atoms with Crippen LogP contribution in [-0.2, 0) is 4.79 Å². The number of aromatic nitrogens is 2. The molecule has 0 bridgehead atoms. The lowest BCUT2D eigenvalue weighted by atomic mass is 10.3. The number of hydrogen-bond donors (Lipinski definition) is 1. The van der Waals surface area contributed by atoms with E-state index in [9.17, 15) is 4.79 Å². The Morgan fingerprint density at radius 1 is 1.50 bits per heavy atom. The number of benzene rings is 1. The molecule has 0 saturated heterocycles. The lowest BCUT2D eigenvalue weighted by Gasteiger charge is -2.10. The molecule has 4 nitrogen and oxygen atoms in total. The van der Waals surface area contributed by atoms with Crippen LogP contribution in [0.4, 0.5) is 0 Å². The summed E-state index contributed by atoms with van der Waals surface area (Å²) >= 11 is 5.93. The van der Waals surface area contributed by atoms with Gasteiger partial charge in [0.15, 0.2) is 0 Å². The molecule has 0 amide bonds. The number of carboxylic acid groups (broad SMARTS) is 1. The largest absolute Gasteiger partial charge is 0.478 e. The third kappa shape index (κ3) is 2.38. The van der Waals surface area contributed by atoms with E-state index in [4.69, 9.17) is 16.7 Å². The van der Waals surface area contributed by atoms with Gasteiger partial charge in [-0.15, -0.1) is 0 Å². The zero-order valence-corrected chi connectivity index (χ0v) is 10.8. The lowest BCUT2D eigenvalue weighted by molar-refractivity contribution is -0.131. The molecule has 2 rings (SSSR count). The van der Waals surface area contributed by atoms with E-state index in [0.717, 1.165) is 17.1 Å². The number of halogens is 1. The van der Waals surface area contributed by atoms with E-state index in [0.29, 0.717) is 10.8 Å². The van der Waals surface area contributed by atoms with E-state index in [1.54, 1.807) is 12.1 Å². The first-order valence-electron chi connectivity index (χ1n) is 5.57. The van der Waals surface area contributed by atoms with Gasteiger partial charge in [-0.3, -0.25) is 0 Å². The van der Waals surface area contributed by atoms with Crippen molar-refractivity contribution in [2.75, 3.05) is 0 Å². The van der Waals surface area contributed by atoms with Crippen molar-refractivity contribution >= 4 is 34.7 Å². The van der Waals surface area contributed by atoms with Crippen molar-refractivity contribution in [2.24, 2.45) is 0 Å². The minimum atomic E-state index is -0.990. The summed E-state index contributed by atoms with van der Waals surface area (Å²) < 4.78 is 1.98. The van der Waals surface area contributed by atoms with Gasteiger partial charge in [0.2, 0.25) is 0 Å². The van der Waals surface area contributed by atoms with E-state index < -0.39 is 5.97 Å². The van der Waals surface area contributed by atoms with Gasteiger partial charge in [0, 0.05) is 17.1 Å². The second-order valence-corrected chi connectivity index (χ2v) is 4.67. The average molecular weight is 265 g/mol. The molecular weight excluding hydrogens is 252 g/mol. The van der Waals surface area contributed by atoms with Crippen LogP contribution in [0.1, 0.15) is 25.7 Å². The van der Waals surface area contributed by atoms with Crippen molar-refractivity contribution < 1.29 is 9.90 Å². The summed E-state index contributed by atoms with van der Waals surface area (Å²) in [5, 5.41) is 9.29. The minimum absolute atomic E-state index is 0.185. The Hall–Kier alpha value is -1.81. The highest BCUT2D eigenvalue weighted by atomic mass is 35.5. The van der Waals surface area contributed by atoms with E-state index in [-0.39, 0.29) is 6.04 Å². The summed E-state index contributed by atoms with van der Waals surface area (Å²) in [4.78, 5) is 15.0. The first kappa shape index (κ1) is 12.6. The van der Waals surface area contributed by atoms with Gasteiger partial charge in [-0.25, -0.2) is 9.78 Å². The Morgan fingerprint density at radius 2 is 2.22 bits per heavy atom. The Morgan fingerprint density at radius 3 is 2.83 bits per heavy atom. The van der Waals surface area contributed by atoms with Gasteiger partial charge >= 0.3 is 5.97 Å². The predicted octanol–water partition coefficient (Wildman–Crippen LogP) is 3.37. The van der Waals surface area contributed by atoms with Gasteiger partial charge in [-0.05, 0) is 38.1 Å². The molecule has 1 N–H and O–H groups in total. The van der Waals surface area contributed by atoms with Crippen LogP contribution in [0.2, 0.25) is 5.02 Å².